The van der Waals surface area contributed by atoms with Gasteiger partial charge in [-0.3, -0.25) is 9.59 Å². The number of phenolic OH excluding ortho intramolecular Hbond substituents is 1. The highest BCUT2D eigenvalue weighted by atomic mass is 16.4. The molecular formula is C21H21NO6. The van der Waals surface area contributed by atoms with E-state index in [1.165, 1.54) is 12.1 Å². The Bertz CT molecular complexity index is 880. The third kappa shape index (κ3) is 4.14. The Labute approximate surface area is 161 Å². The van der Waals surface area contributed by atoms with Gasteiger partial charge in [0.15, 0.2) is 0 Å². The molecule has 1 amide bonds. The fourth-order valence-corrected chi connectivity index (χ4v) is 3.73. The van der Waals surface area contributed by atoms with Crippen LogP contribution in [0.3, 0.4) is 0 Å². The van der Waals surface area contributed by atoms with E-state index in [0.717, 1.165) is 11.1 Å². The Morgan fingerprint density at radius 3 is 2.04 bits per heavy atom. The molecule has 0 spiro atoms. The van der Waals surface area contributed by atoms with Crippen molar-refractivity contribution in [3.63, 3.8) is 0 Å². The molecule has 0 bridgehead atoms. The van der Waals surface area contributed by atoms with Crippen LogP contribution in [0.15, 0.2) is 48.5 Å². The van der Waals surface area contributed by atoms with Crippen LogP contribution in [-0.4, -0.2) is 39.2 Å². The van der Waals surface area contributed by atoms with Crippen molar-refractivity contribution in [3.8, 4) is 5.75 Å². The van der Waals surface area contributed by atoms with Crippen molar-refractivity contribution in [1.82, 2.24) is 5.32 Å². The van der Waals surface area contributed by atoms with Crippen LogP contribution in [0.4, 0.5) is 0 Å². The number of aromatic hydroxyl groups is 1. The summed E-state index contributed by atoms with van der Waals surface area (Å²) in [6.45, 7) is 0. The second-order valence-corrected chi connectivity index (χ2v) is 7.21. The lowest BCUT2D eigenvalue weighted by Gasteiger charge is -2.28. The molecule has 2 aromatic carbocycles. The maximum Gasteiger partial charge on any atom is 0.326 e. The number of amides is 1. The minimum absolute atomic E-state index is 0.0253. The number of carboxylic acids is 2. The Hall–Kier alpha value is -3.35. The van der Waals surface area contributed by atoms with E-state index >= 15 is 0 Å². The van der Waals surface area contributed by atoms with Crippen LogP contribution < -0.4 is 5.32 Å². The molecule has 0 saturated heterocycles. The van der Waals surface area contributed by atoms with Crippen LogP contribution in [0.5, 0.6) is 5.75 Å². The summed E-state index contributed by atoms with van der Waals surface area (Å²) in [6.07, 6.45) is 0.163. The summed E-state index contributed by atoms with van der Waals surface area (Å²) in [5.41, 5.74) is 1.24. The van der Waals surface area contributed by atoms with Crippen molar-refractivity contribution in [2.45, 2.75) is 31.7 Å². The molecule has 0 aliphatic heterocycles. The van der Waals surface area contributed by atoms with Crippen molar-refractivity contribution in [2.75, 3.05) is 0 Å². The zero-order chi connectivity index (χ0) is 20.3. The second-order valence-electron chi connectivity index (χ2n) is 7.21. The third-order valence-corrected chi connectivity index (χ3v) is 5.13. The van der Waals surface area contributed by atoms with E-state index in [2.05, 4.69) is 5.32 Å². The molecule has 1 atom stereocenters. The van der Waals surface area contributed by atoms with Gasteiger partial charge in [0.2, 0.25) is 5.91 Å². The van der Waals surface area contributed by atoms with Crippen molar-refractivity contribution in [2.24, 2.45) is 5.41 Å². The van der Waals surface area contributed by atoms with E-state index in [1.807, 2.05) is 24.3 Å². The monoisotopic (exact) mass is 383 g/mol. The molecule has 0 radical (unpaired) electrons. The molecule has 0 fully saturated rings. The van der Waals surface area contributed by atoms with Crippen LogP contribution in [0.25, 0.3) is 0 Å². The standard InChI is InChI=1S/C21H21NO6/c23-16-7-5-13(6-8-16)9-17(19(26)27)22-20(28)21(12-18(24)25)10-14-3-1-2-4-15(14)11-21/h1-8,17,23H,9-12H2,(H,22,28)(H,24,25)(H,26,27)/t17-/m0/s1. The Morgan fingerprint density at radius 1 is 0.964 bits per heavy atom. The molecule has 1 aliphatic rings. The Balaban J connectivity index is 1.81. The van der Waals surface area contributed by atoms with Crippen LogP contribution in [0.1, 0.15) is 23.1 Å². The van der Waals surface area contributed by atoms with Crippen molar-refractivity contribution in [3.05, 3.63) is 65.2 Å². The topological polar surface area (TPSA) is 124 Å². The van der Waals surface area contributed by atoms with Gasteiger partial charge in [-0.1, -0.05) is 36.4 Å². The summed E-state index contributed by atoms with van der Waals surface area (Å²) in [5.74, 6) is -2.82. The van der Waals surface area contributed by atoms with Gasteiger partial charge in [0.05, 0.1) is 11.8 Å². The van der Waals surface area contributed by atoms with E-state index in [4.69, 9.17) is 0 Å². The first-order valence-electron chi connectivity index (χ1n) is 8.89. The summed E-state index contributed by atoms with van der Waals surface area (Å²) in [7, 11) is 0. The molecule has 1 aliphatic carbocycles. The van der Waals surface area contributed by atoms with E-state index in [0.29, 0.717) is 5.56 Å². The quantitative estimate of drug-likeness (QED) is 0.578. The van der Waals surface area contributed by atoms with Crippen LogP contribution in [0, 0.1) is 5.41 Å². The zero-order valence-corrected chi connectivity index (χ0v) is 15.1. The fourth-order valence-electron chi connectivity index (χ4n) is 3.73. The molecule has 0 saturated carbocycles. The number of aliphatic carboxylic acids is 2. The number of nitrogens with one attached hydrogen (secondary N) is 1. The lowest BCUT2D eigenvalue weighted by atomic mass is 9.80. The maximum absolute atomic E-state index is 13.1. The highest BCUT2D eigenvalue weighted by molar-refractivity contribution is 5.91. The molecule has 146 valence electrons. The molecule has 7 nitrogen and oxygen atoms in total. The van der Waals surface area contributed by atoms with E-state index in [9.17, 15) is 29.7 Å². The summed E-state index contributed by atoms with van der Waals surface area (Å²) in [6, 6.07) is 12.2. The van der Waals surface area contributed by atoms with Gasteiger partial charge in [0.1, 0.15) is 11.8 Å². The predicted octanol–water partition coefficient (Wildman–Crippen LogP) is 1.76. The van der Waals surface area contributed by atoms with Crippen molar-refractivity contribution >= 4 is 17.8 Å². The highest BCUT2D eigenvalue weighted by Gasteiger charge is 2.46. The van der Waals surface area contributed by atoms with Gasteiger partial charge in [-0.2, -0.15) is 0 Å². The summed E-state index contributed by atoms with van der Waals surface area (Å²) >= 11 is 0. The number of fused-ring (bicyclic) bond motifs is 1. The molecule has 28 heavy (non-hydrogen) atoms. The number of carbonyl (C=O) groups is 3. The zero-order valence-electron chi connectivity index (χ0n) is 15.1. The summed E-state index contributed by atoms with van der Waals surface area (Å²) in [4.78, 5) is 36.2. The summed E-state index contributed by atoms with van der Waals surface area (Å²) < 4.78 is 0. The van der Waals surface area contributed by atoms with Crippen molar-refractivity contribution < 1.29 is 29.7 Å². The first kappa shape index (κ1) is 19.4. The normalized spacial score (nSPS) is 15.4. The van der Waals surface area contributed by atoms with Gasteiger partial charge in [-0.25, -0.2) is 4.79 Å². The average molecular weight is 383 g/mol. The minimum Gasteiger partial charge on any atom is -0.508 e. The molecule has 7 heteroatoms. The molecule has 2 aromatic rings. The van der Waals surface area contributed by atoms with Gasteiger partial charge in [0, 0.05) is 6.42 Å². The largest absolute Gasteiger partial charge is 0.508 e. The highest BCUT2D eigenvalue weighted by Crippen LogP contribution is 2.40. The second kappa shape index (κ2) is 7.72. The molecule has 0 aromatic heterocycles. The first-order chi connectivity index (χ1) is 13.3. The minimum atomic E-state index is -1.21. The lowest BCUT2D eigenvalue weighted by molar-refractivity contribution is -0.147. The number of benzene rings is 2. The van der Waals surface area contributed by atoms with Gasteiger partial charge in [-0.15, -0.1) is 0 Å². The number of hydrogen-bond acceptors (Lipinski definition) is 4. The molecule has 0 unspecified atom stereocenters. The number of phenols is 1. The predicted molar refractivity (Wildman–Crippen MR) is 99.9 cm³/mol. The van der Waals surface area contributed by atoms with Crippen LogP contribution in [0.2, 0.25) is 0 Å². The number of rotatable bonds is 7. The van der Waals surface area contributed by atoms with E-state index in [1.54, 1.807) is 12.1 Å². The molecule has 0 heterocycles. The summed E-state index contributed by atoms with van der Waals surface area (Å²) in [5, 5.41) is 30.8. The Morgan fingerprint density at radius 2 is 1.54 bits per heavy atom. The van der Waals surface area contributed by atoms with Crippen LogP contribution >= 0.6 is 0 Å². The average Bonchev–Trinajstić information content (AvgIpc) is 3.01. The fraction of sp³-hybridized carbons (Fsp3) is 0.286. The maximum atomic E-state index is 13.1. The molecule has 3 rings (SSSR count). The number of carboxylic acid groups (broad SMARTS) is 2. The number of carbonyl (C=O) groups excluding carboxylic acids is 1. The molecular weight excluding hydrogens is 362 g/mol. The van der Waals surface area contributed by atoms with Crippen molar-refractivity contribution in [1.29, 1.82) is 0 Å². The van der Waals surface area contributed by atoms with Gasteiger partial charge in [-0.05, 0) is 41.7 Å². The smallest absolute Gasteiger partial charge is 0.326 e. The van der Waals surface area contributed by atoms with E-state index in [-0.39, 0.29) is 31.4 Å². The van der Waals surface area contributed by atoms with Gasteiger partial charge < -0.3 is 20.6 Å². The van der Waals surface area contributed by atoms with E-state index < -0.39 is 29.3 Å². The van der Waals surface area contributed by atoms with Crippen LogP contribution in [-0.2, 0) is 33.6 Å². The lowest BCUT2D eigenvalue weighted by Crippen LogP contribution is -2.50. The first-order valence-corrected chi connectivity index (χ1v) is 8.89. The third-order valence-electron chi connectivity index (χ3n) is 5.13. The SMILES string of the molecule is O=C(O)CC1(C(=O)N[C@@H](Cc2ccc(O)cc2)C(=O)O)Cc2ccccc2C1. The molecule has 4 N–H and O–H groups in total. The number of hydrogen-bond donors (Lipinski definition) is 4. The van der Waals surface area contributed by atoms with Gasteiger partial charge >= 0.3 is 11.9 Å². The Kier molecular flexibility index (Phi) is 5.35. The van der Waals surface area contributed by atoms with Gasteiger partial charge in [0.25, 0.3) is 0 Å².